The molecule has 31 heavy (non-hydrogen) atoms. The topological polar surface area (TPSA) is 101 Å². The average molecular weight is 437 g/mol. The zero-order chi connectivity index (χ0) is 22.4. The molecule has 1 aromatic carbocycles. The number of pyridine rings is 1. The number of ether oxygens (including phenoxy) is 1. The van der Waals surface area contributed by atoms with E-state index in [0.717, 1.165) is 6.20 Å². The quantitative estimate of drug-likeness (QED) is 0.752. The second kappa shape index (κ2) is 7.73. The fourth-order valence-electron chi connectivity index (χ4n) is 4.02. The number of aromatic hydroxyl groups is 1. The summed E-state index contributed by atoms with van der Waals surface area (Å²) >= 11 is 0. The third kappa shape index (κ3) is 3.34. The molecule has 0 unspecified atom stereocenters. The Bertz CT molecular complexity index is 1130. The van der Waals surface area contributed by atoms with E-state index in [2.05, 4.69) is 5.32 Å². The van der Waals surface area contributed by atoms with Crippen LogP contribution in [0.4, 0.5) is 13.2 Å². The Kier molecular flexibility index (Phi) is 5.21. The molecule has 1 aromatic heterocycles. The summed E-state index contributed by atoms with van der Waals surface area (Å²) in [7, 11) is 0. The van der Waals surface area contributed by atoms with Crippen molar-refractivity contribution in [1.82, 2.24) is 14.8 Å². The van der Waals surface area contributed by atoms with Crippen molar-refractivity contribution >= 4 is 11.8 Å². The molecule has 3 heterocycles. The number of halogens is 3. The summed E-state index contributed by atoms with van der Waals surface area (Å²) in [6.07, 6.45) is 1.14. The maximum Gasteiger partial charge on any atom is 0.274 e. The molecule has 2 aliphatic rings. The van der Waals surface area contributed by atoms with Gasteiger partial charge in [-0.2, -0.15) is 0 Å². The monoisotopic (exact) mass is 437 g/mol. The van der Waals surface area contributed by atoms with E-state index in [1.165, 1.54) is 9.47 Å². The zero-order valence-electron chi connectivity index (χ0n) is 16.3. The van der Waals surface area contributed by atoms with Gasteiger partial charge in [0, 0.05) is 37.0 Å². The van der Waals surface area contributed by atoms with Gasteiger partial charge in [-0.05, 0) is 6.92 Å². The number of likely N-dealkylation sites (N-methyl/N-ethyl adjacent to an activating group) is 1. The third-order valence-electron chi connectivity index (χ3n) is 5.57. The van der Waals surface area contributed by atoms with Crippen molar-refractivity contribution in [3.8, 4) is 5.75 Å². The molecule has 11 heteroatoms. The third-order valence-corrected chi connectivity index (χ3v) is 5.57. The van der Waals surface area contributed by atoms with Gasteiger partial charge >= 0.3 is 0 Å². The molecule has 0 spiro atoms. The first-order valence-electron chi connectivity index (χ1n) is 9.53. The number of rotatable bonds is 4. The number of nitrogens with zero attached hydrogens (tertiary/aromatic N) is 2. The Morgan fingerprint density at radius 3 is 2.48 bits per heavy atom. The van der Waals surface area contributed by atoms with Crippen molar-refractivity contribution in [1.29, 1.82) is 0 Å². The summed E-state index contributed by atoms with van der Waals surface area (Å²) < 4.78 is 47.4. The molecular weight excluding hydrogens is 419 g/mol. The smallest absolute Gasteiger partial charge is 0.274 e. The Labute approximate surface area is 173 Å². The highest BCUT2D eigenvalue weighted by Gasteiger charge is 2.44. The number of fused-ring (bicyclic) bond motifs is 3. The molecule has 0 bridgehead atoms. The molecule has 2 aromatic rings. The van der Waals surface area contributed by atoms with Crippen LogP contribution in [-0.2, 0) is 11.3 Å². The Morgan fingerprint density at radius 2 is 1.84 bits per heavy atom. The van der Waals surface area contributed by atoms with Crippen LogP contribution in [0.25, 0.3) is 0 Å². The standard InChI is InChI=1S/C20H18F3N3O5/c1-2-25-14-7-31-8-15(14)26-6-11(17(27)18(28)16(26)20(25)30)19(29)24-5-10-12(22)3-9(21)4-13(10)23/h3-4,6,14-15,28H,2,5,7-8H2,1H3,(H,24,29)/t14-,15+/m0/s1. The SMILES string of the molecule is CCN1C(=O)c2c(O)c(=O)c(C(=O)NCc3c(F)cc(F)cc3F)cn2[C@@H]2COC[C@@H]21. The van der Waals surface area contributed by atoms with E-state index in [9.17, 15) is 32.7 Å². The van der Waals surface area contributed by atoms with Gasteiger partial charge in [0.25, 0.3) is 11.8 Å². The minimum absolute atomic E-state index is 0.205. The van der Waals surface area contributed by atoms with E-state index in [1.807, 2.05) is 0 Å². The van der Waals surface area contributed by atoms with Crippen molar-refractivity contribution in [2.45, 2.75) is 25.6 Å². The second-order valence-corrected chi connectivity index (χ2v) is 7.27. The summed E-state index contributed by atoms with van der Waals surface area (Å²) in [5, 5.41) is 12.6. The fraction of sp³-hybridized carbons (Fsp3) is 0.350. The van der Waals surface area contributed by atoms with Crippen LogP contribution in [0, 0.1) is 17.5 Å². The van der Waals surface area contributed by atoms with Gasteiger partial charge in [-0.15, -0.1) is 0 Å². The fourth-order valence-corrected chi connectivity index (χ4v) is 4.02. The van der Waals surface area contributed by atoms with Gasteiger partial charge < -0.3 is 24.6 Å². The van der Waals surface area contributed by atoms with Crippen molar-refractivity contribution in [2.75, 3.05) is 19.8 Å². The molecule has 164 valence electrons. The van der Waals surface area contributed by atoms with Crippen molar-refractivity contribution in [3.05, 3.63) is 62.8 Å². The number of nitrogens with one attached hydrogen (secondary N) is 1. The van der Waals surface area contributed by atoms with Crippen LogP contribution in [0.2, 0.25) is 0 Å². The molecule has 2 atom stereocenters. The van der Waals surface area contributed by atoms with Gasteiger partial charge in [0.1, 0.15) is 23.0 Å². The highest BCUT2D eigenvalue weighted by Crippen LogP contribution is 2.34. The van der Waals surface area contributed by atoms with E-state index < -0.39 is 64.2 Å². The number of carbonyl (C=O) groups excluding carboxylic acids is 2. The number of hydrogen-bond donors (Lipinski definition) is 2. The lowest BCUT2D eigenvalue weighted by molar-refractivity contribution is 0.0569. The van der Waals surface area contributed by atoms with E-state index in [-0.39, 0.29) is 24.9 Å². The molecule has 2 N–H and O–H groups in total. The lowest BCUT2D eigenvalue weighted by Crippen LogP contribution is -2.51. The average Bonchev–Trinajstić information content (AvgIpc) is 3.19. The molecule has 4 rings (SSSR count). The van der Waals surface area contributed by atoms with Crippen LogP contribution in [0.5, 0.6) is 5.75 Å². The molecule has 2 aliphatic heterocycles. The number of hydrogen-bond acceptors (Lipinski definition) is 5. The Morgan fingerprint density at radius 1 is 1.19 bits per heavy atom. The lowest BCUT2D eigenvalue weighted by Gasteiger charge is -2.38. The van der Waals surface area contributed by atoms with Crippen LogP contribution in [0.1, 0.15) is 39.4 Å². The summed E-state index contributed by atoms with van der Waals surface area (Å²) in [4.78, 5) is 39.4. The van der Waals surface area contributed by atoms with E-state index >= 15 is 0 Å². The first-order chi connectivity index (χ1) is 14.7. The van der Waals surface area contributed by atoms with Crippen LogP contribution in [0.15, 0.2) is 23.1 Å². The van der Waals surface area contributed by atoms with E-state index in [4.69, 9.17) is 4.74 Å². The number of aromatic nitrogens is 1. The number of benzene rings is 1. The molecule has 0 aliphatic carbocycles. The largest absolute Gasteiger partial charge is 0.503 e. The predicted octanol–water partition coefficient (Wildman–Crippen LogP) is 1.32. The van der Waals surface area contributed by atoms with Crippen LogP contribution in [0.3, 0.4) is 0 Å². The summed E-state index contributed by atoms with van der Waals surface area (Å²) in [6.45, 7) is 1.91. The maximum atomic E-state index is 13.8. The Balaban J connectivity index is 1.69. The van der Waals surface area contributed by atoms with Crippen molar-refractivity contribution in [2.24, 2.45) is 0 Å². The van der Waals surface area contributed by atoms with Crippen LogP contribution in [-0.4, -0.2) is 52.2 Å². The maximum absolute atomic E-state index is 13.8. The predicted molar refractivity (Wildman–Crippen MR) is 100 cm³/mol. The Hall–Kier alpha value is -3.34. The molecule has 2 amide bonds. The van der Waals surface area contributed by atoms with Crippen molar-refractivity contribution in [3.63, 3.8) is 0 Å². The van der Waals surface area contributed by atoms with Gasteiger partial charge in [-0.3, -0.25) is 14.4 Å². The minimum atomic E-state index is -1.20. The summed E-state index contributed by atoms with van der Waals surface area (Å²) in [5.41, 5.74) is -2.43. The number of carbonyl (C=O) groups is 2. The molecule has 8 nitrogen and oxygen atoms in total. The van der Waals surface area contributed by atoms with Crippen LogP contribution < -0.4 is 10.7 Å². The highest BCUT2D eigenvalue weighted by atomic mass is 19.1. The van der Waals surface area contributed by atoms with Crippen LogP contribution >= 0.6 is 0 Å². The van der Waals surface area contributed by atoms with Gasteiger partial charge in [0.05, 0.1) is 25.3 Å². The highest BCUT2D eigenvalue weighted by molar-refractivity contribution is 5.99. The first kappa shape index (κ1) is 20.9. The number of amides is 2. The summed E-state index contributed by atoms with van der Waals surface area (Å²) in [6, 6.07) is 0.188. The lowest BCUT2D eigenvalue weighted by atomic mass is 10.0. The molecule has 0 radical (unpaired) electrons. The molecule has 1 saturated heterocycles. The normalized spacial score (nSPS) is 19.9. The van der Waals surface area contributed by atoms with E-state index in [1.54, 1.807) is 6.92 Å². The molecular formula is C20H18F3N3O5. The van der Waals surface area contributed by atoms with E-state index in [0.29, 0.717) is 18.7 Å². The summed E-state index contributed by atoms with van der Waals surface area (Å²) in [5.74, 6) is -5.97. The second-order valence-electron chi connectivity index (χ2n) is 7.27. The first-order valence-corrected chi connectivity index (χ1v) is 9.53. The minimum Gasteiger partial charge on any atom is -0.503 e. The van der Waals surface area contributed by atoms with Gasteiger partial charge in [0.2, 0.25) is 5.43 Å². The van der Waals surface area contributed by atoms with Gasteiger partial charge in [-0.1, -0.05) is 0 Å². The van der Waals surface area contributed by atoms with Gasteiger partial charge in [0.15, 0.2) is 11.4 Å². The zero-order valence-corrected chi connectivity index (χ0v) is 16.3. The van der Waals surface area contributed by atoms with Crippen molar-refractivity contribution < 1.29 is 32.6 Å². The molecule has 1 fully saturated rings. The molecule has 0 saturated carbocycles. The van der Waals surface area contributed by atoms with Gasteiger partial charge in [-0.25, -0.2) is 13.2 Å².